The molecular weight excluding hydrogens is 560 g/mol. The Kier molecular flexibility index (Phi) is 8.74. The van der Waals surface area contributed by atoms with Crippen LogP contribution in [0.4, 0.5) is 11.4 Å². The van der Waals surface area contributed by atoms with Gasteiger partial charge in [-0.15, -0.1) is 0 Å². The molecule has 36 heavy (non-hydrogen) atoms. The fraction of sp³-hybridized carbons (Fsp3) is 0.148. The number of nitrogens with zero attached hydrogens (tertiary/aromatic N) is 2. The molecule has 0 aromatic heterocycles. The summed E-state index contributed by atoms with van der Waals surface area (Å²) in [7, 11) is 0. The van der Waals surface area contributed by atoms with Gasteiger partial charge < -0.3 is 15.1 Å². The number of benzene rings is 3. The van der Waals surface area contributed by atoms with Gasteiger partial charge in [-0.1, -0.05) is 57.9 Å². The summed E-state index contributed by atoms with van der Waals surface area (Å²) in [6.45, 7) is 2.82. The van der Waals surface area contributed by atoms with Crippen molar-refractivity contribution in [3.8, 4) is 0 Å². The second kappa shape index (κ2) is 12.2. The Hall–Kier alpha value is -3.20. The van der Waals surface area contributed by atoms with Crippen molar-refractivity contribution < 1.29 is 9.59 Å². The van der Waals surface area contributed by atoms with Crippen LogP contribution in [0, 0.1) is 0 Å². The molecule has 3 aromatic carbocycles. The van der Waals surface area contributed by atoms with Crippen LogP contribution in [-0.4, -0.2) is 48.0 Å². The second-order valence-corrected chi connectivity index (χ2v) is 9.87. The highest BCUT2D eigenvalue weighted by molar-refractivity contribution is 9.10. The van der Waals surface area contributed by atoms with Gasteiger partial charge in [-0.25, -0.2) is 0 Å². The number of halogens is 2. The maximum atomic E-state index is 12.5. The molecule has 1 aliphatic rings. The van der Waals surface area contributed by atoms with Crippen LogP contribution in [0.15, 0.2) is 83.3 Å². The highest BCUT2D eigenvalue weighted by Crippen LogP contribution is 2.22. The molecule has 1 saturated heterocycles. The van der Waals surface area contributed by atoms with Crippen LogP contribution in [0.25, 0.3) is 6.08 Å². The number of carbonyl (C=O) groups excluding carboxylic acids is 2. The Balaban J connectivity index is 1.26. The lowest BCUT2D eigenvalue weighted by Crippen LogP contribution is -2.48. The van der Waals surface area contributed by atoms with Gasteiger partial charge in [0.25, 0.3) is 5.91 Å². The molecule has 4 rings (SSSR count). The smallest absolute Gasteiger partial charge is 0.258 e. The van der Waals surface area contributed by atoms with E-state index in [-0.39, 0.29) is 16.9 Å². The van der Waals surface area contributed by atoms with Crippen LogP contribution in [0.2, 0.25) is 5.02 Å². The van der Waals surface area contributed by atoms with E-state index in [0.717, 1.165) is 34.5 Å². The van der Waals surface area contributed by atoms with Gasteiger partial charge >= 0.3 is 0 Å². The molecule has 9 heteroatoms. The third kappa shape index (κ3) is 6.94. The number of rotatable bonds is 5. The zero-order valence-corrected chi connectivity index (χ0v) is 22.4. The predicted molar refractivity (Wildman–Crippen MR) is 154 cm³/mol. The Morgan fingerprint density at radius 3 is 2.33 bits per heavy atom. The molecule has 184 valence electrons. The molecule has 0 aliphatic carbocycles. The van der Waals surface area contributed by atoms with Gasteiger partial charge in [-0.3, -0.25) is 14.9 Å². The van der Waals surface area contributed by atoms with Gasteiger partial charge in [-0.2, -0.15) is 0 Å². The van der Waals surface area contributed by atoms with Crippen molar-refractivity contribution >= 4 is 74.1 Å². The summed E-state index contributed by atoms with van der Waals surface area (Å²) < 4.78 is 0.750. The summed E-state index contributed by atoms with van der Waals surface area (Å²) >= 11 is 14.7. The number of hydrogen-bond donors (Lipinski definition) is 2. The minimum absolute atomic E-state index is 0.0257. The fourth-order valence-electron chi connectivity index (χ4n) is 3.78. The van der Waals surface area contributed by atoms with E-state index in [1.165, 1.54) is 0 Å². The van der Waals surface area contributed by atoms with Gasteiger partial charge in [0, 0.05) is 48.1 Å². The van der Waals surface area contributed by atoms with Gasteiger partial charge in [0.15, 0.2) is 5.11 Å². The lowest BCUT2D eigenvalue weighted by Gasteiger charge is -2.35. The molecule has 0 spiro atoms. The van der Waals surface area contributed by atoms with E-state index < -0.39 is 0 Å². The van der Waals surface area contributed by atoms with Crippen LogP contribution in [-0.2, 0) is 4.79 Å². The van der Waals surface area contributed by atoms with Crippen LogP contribution in [0.3, 0.4) is 0 Å². The van der Waals surface area contributed by atoms with Gasteiger partial charge in [0.1, 0.15) is 0 Å². The molecule has 6 nitrogen and oxygen atoms in total. The first-order valence-electron chi connectivity index (χ1n) is 11.3. The minimum atomic E-state index is -0.388. The maximum absolute atomic E-state index is 12.5. The molecular formula is C27H24BrClN4O2S. The summed E-state index contributed by atoms with van der Waals surface area (Å²) in [6, 6.07) is 22.6. The standard InChI is InChI=1S/C27H24BrClN4O2S/c28-20-7-12-24(29)23(18-20)26(35)31-27(36)30-21-8-10-22(11-9-21)32-14-16-33(17-15-32)25(34)13-6-19-4-2-1-3-5-19/h1-13,18H,14-17H2,(H2,30,31,35,36)/b13-6+. The molecule has 0 saturated carbocycles. The summed E-state index contributed by atoms with van der Waals surface area (Å²) in [5.41, 5.74) is 3.15. The van der Waals surface area contributed by atoms with E-state index in [1.807, 2.05) is 65.6 Å². The molecule has 1 aliphatic heterocycles. The molecule has 2 amide bonds. The van der Waals surface area contributed by atoms with Crippen LogP contribution >= 0.6 is 39.7 Å². The first-order chi connectivity index (χ1) is 17.4. The SMILES string of the molecule is O=C(NC(=S)Nc1ccc(N2CCN(C(=O)/C=C/c3ccccc3)CC2)cc1)c1cc(Br)ccc1Cl. The van der Waals surface area contributed by atoms with Crippen molar-refractivity contribution in [2.75, 3.05) is 36.4 Å². The number of piperazine rings is 1. The lowest BCUT2D eigenvalue weighted by atomic mass is 10.2. The van der Waals surface area contributed by atoms with E-state index in [9.17, 15) is 9.59 Å². The normalized spacial score (nSPS) is 13.5. The quantitative estimate of drug-likeness (QED) is 0.303. The zero-order valence-electron chi connectivity index (χ0n) is 19.3. The lowest BCUT2D eigenvalue weighted by molar-refractivity contribution is -0.126. The Labute approximate surface area is 229 Å². The first kappa shape index (κ1) is 25.9. The summed E-state index contributed by atoms with van der Waals surface area (Å²) in [6.07, 6.45) is 3.48. The predicted octanol–water partition coefficient (Wildman–Crippen LogP) is 5.59. The van der Waals surface area contributed by atoms with Gasteiger partial charge in [0.2, 0.25) is 5.91 Å². The Bertz CT molecular complexity index is 1280. The highest BCUT2D eigenvalue weighted by Gasteiger charge is 2.20. The number of nitrogens with one attached hydrogen (secondary N) is 2. The second-order valence-electron chi connectivity index (χ2n) is 8.14. The maximum Gasteiger partial charge on any atom is 0.258 e. The third-order valence-electron chi connectivity index (χ3n) is 5.70. The van der Waals surface area contributed by atoms with Crippen molar-refractivity contribution in [2.24, 2.45) is 0 Å². The number of anilines is 2. The molecule has 0 bridgehead atoms. The molecule has 1 fully saturated rings. The Morgan fingerprint density at radius 2 is 1.64 bits per heavy atom. The van der Waals surface area contributed by atoms with Crippen molar-refractivity contribution in [1.82, 2.24) is 10.2 Å². The number of thiocarbonyl (C=S) groups is 1. The van der Waals surface area contributed by atoms with Crippen molar-refractivity contribution in [3.05, 3.63) is 99.5 Å². The molecule has 0 unspecified atom stereocenters. The highest BCUT2D eigenvalue weighted by atomic mass is 79.9. The number of amides is 2. The van der Waals surface area contributed by atoms with Gasteiger partial charge in [-0.05, 0) is 66.3 Å². The van der Waals surface area contributed by atoms with E-state index in [2.05, 4.69) is 31.5 Å². The van der Waals surface area contributed by atoms with Crippen molar-refractivity contribution in [3.63, 3.8) is 0 Å². The molecule has 0 radical (unpaired) electrons. The van der Waals surface area contributed by atoms with Crippen molar-refractivity contribution in [2.45, 2.75) is 0 Å². The summed E-state index contributed by atoms with van der Waals surface area (Å²) in [5, 5.41) is 6.20. The summed E-state index contributed by atoms with van der Waals surface area (Å²) in [4.78, 5) is 29.1. The van der Waals surface area contributed by atoms with E-state index in [0.29, 0.717) is 23.7 Å². The van der Waals surface area contributed by atoms with Crippen molar-refractivity contribution in [1.29, 1.82) is 0 Å². The van der Waals surface area contributed by atoms with Crippen LogP contribution in [0.5, 0.6) is 0 Å². The molecule has 2 N–H and O–H groups in total. The third-order valence-corrected chi connectivity index (χ3v) is 6.73. The number of carbonyl (C=O) groups is 2. The fourth-order valence-corrected chi connectivity index (χ4v) is 4.56. The van der Waals surface area contributed by atoms with E-state index in [4.69, 9.17) is 23.8 Å². The minimum Gasteiger partial charge on any atom is -0.368 e. The zero-order chi connectivity index (χ0) is 25.5. The van der Waals surface area contributed by atoms with Crippen LogP contribution in [0.1, 0.15) is 15.9 Å². The van der Waals surface area contributed by atoms with Gasteiger partial charge in [0.05, 0.1) is 10.6 Å². The largest absolute Gasteiger partial charge is 0.368 e. The average molecular weight is 584 g/mol. The first-order valence-corrected chi connectivity index (χ1v) is 12.9. The van der Waals surface area contributed by atoms with E-state index in [1.54, 1.807) is 24.3 Å². The van der Waals surface area contributed by atoms with Crippen LogP contribution < -0.4 is 15.5 Å². The monoisotopic (exact) mass is 582 g/mol. The average Bonchev–Trinajstić information content (AvgIpc) is 2.89. The Morgan fingerprint density at radius 1 is 0.944 bits per heavy atom. The van der Waals surface area contributed by atoms with E-state index >= 15 is 0 Å². The molecule has 1 heterocycles. The summed E-state index contributed by atoms with van der Waals surface area (Å²) in [5.74, 6) is -0.362. The molecule has 3 aromatic rings. The topological polar surface area (TPSA) is 64.7 Å². The number of hydrogen-bond acceptors (Lipinski definition) is 4. The molecule has 0 atom stereocenters.